The van der Waals surface area contributed by atoms with Crippen LogP contribution in [0, 0.1) is 0 Å². The van der Waals surface area contributed by atoms with E-state index in [0.717, 1.165) is 44.9 Å². The molecule has 0 radical (unpaired) electrons. The Kier molecular flexibility index (Phi) is 5.68. The Morgan fingerprint density at radius 2 is 1.05 bits per heavy atom. The molecule has 0 amide bonds. The molecule has 206 valence electrons. The number of benzene rings is 6. The summed E-state index contributed by atoms with van der Waals surface area (Å²) in [5, 5.41) is 3.72. The van der Waals surface area contributed by atoms with E-state index in [9.17, 15) is 0 Å². The van der Waals surface area contributed by atoms with E-state index in [-0.39, 0.29) is 0 Å². The quantitative estimate of drug-likeness (QED) is 0.208. The van der Waals surface area contributed by atoms with Gasteiger partial charge >= 0.3 is 0 Å². The van der Waals surface area contributed by atoms with Gasteiger partial charge in [0.15, 0.2) is 0 Å². The Bertz CT molecular complexity index is 2470. The minimum atomic E-state index is 0.939. The first-order chi connectivity index (χ1) is 21.8. The standard InChI is InChI=1S/C40H25N3S/c1-2-10-30(11-3-1)43-35-16-8-7-15-34(35)42-40(43)29-24-20-27(21-25-29)26-18-22-28(23-19-26)38-37-32-13-5-9-17-36(32)44-39(37)31-12-4-6-14-33(31)41-38/h1-25H. The van der Waals surface area contributed by atoms with Gasteiger partial charge in [0.25, 0.3) is 0 Å². The topological polar surface area (TPSA) is 30.7 Å². The molecule has 3 aromatic heterocycles. The number of rotatable bonds is 4. The second kappa shape index (κ2) is 10.0. The Labute approximate surface area is 258 Å². The third-order valence-electron chi connectivity index (χ3n) is 8.42. The minimum Gasteiger partial charge on any atom is -0.292 e. The predicted molar refractivity (Wildman–Crippen MR) is 186 cm³/mol. The van der Waals surface area contributed by atoms with Crippen LogP contribution in [0.15, 0.2) is 152 Å². The summed E-state index contributed by atoms with van der Waals surface area (Å²) in [7, 11) is 0. The lowest BCUT2D eigenvalue weighted by Crippen LogP contribution is -1.97. The highest BCUT2D eigenvalue weighted by atomic mass is 32.1. The van der Waals surface area contributed by atoms with E-state index in [4.69, 9.17) is 9.97 Å². The highest BCUT2D eigenvalue weighted by Crippen LogP contribution is 2.43. The maximum absolute atomic E-state index is 5.19. The molecule has 0 aliphatic rings. The van der Waals surface area contributed by atoms with Gasteiger partial charge in [0.2, 0.25) is 0 Å². The van der Waals surface area contributed by atoms with Crippen molar-refractivity contribution in [2.24, 2.45) is 0 Å². The SMILES string of the molecule is c1ccc(-n2c(-c3ccc(-c4ccc(-c5nc6ccccc6c6sc7ccccc7c56)cc4)cc3)nc3ccccc32)cc1. The lowest BCUT2D eigenvalue weighted by molar-refractivity contribution is 1.10. The van der Waals surface area contributed by atoms with Crippen molar-refractivity contribution in [3.05, 3.63) is 152 Å². The molecule has 6 aromatic carbocycles. The monoisotopic (exact) mass is 579 g/mol. The summed E-state index contributed by atoms with van der Waals surface area (Å²) in [5.41, 5.74) is 9.80. The number of thiophene rings is 1. The van der Waals surface area contributed by atoms with Gasteiger partial charge in [-0.2, -0.15) is 0 Å². The molecular weight excluding hydrogens is 555 g/mol. The number of hydrogen-bond donors (Lipinski definition) is 0. The van der Waals surface area contributed by atoms with Crippen LogP contribution in [-0.4, -0.2) is 14.5 Å². The molecule has 0 aliphatic carbocycles. The number of nitrogens with zero attached hydrogens (tertiary/aromatic N) is 3. The van der Waals surface area contributed by atoms with Crippen molar-refractivity contribution in [1.82, 2.24) is 14.5 Å². The summed E-state index contributed by atoms with van der Waals surface area (Å²) >= 11 is 1.85. The molecule has 9 rings (SSSR count). The lowest BCUT2D eigenvalue weighted by Gasteiger charge is -2.11. The summed E-state index contributed by atoms with van der Waals surface area (Å²) in [6.07, 6.45) is 0. The third-order valence-corrected chi connectivity index (χ3v) is 9.63. The van der Waals surface area contributed by atoms with Gasteiger partial charge in [0.1, 0.15) is 5.82 Å². The van der Waals surface area contributed by atoms with Gasteiger partial charge in [-0.1, -0.05) is 115 Å². The average molecular weight is 580 g/mol. The first-order valence-electron chi connectivity index (χ1n) is 14.8. The van der Waals surface area contributed by atoms with Crippen LogP contribution in [0.4, 0.5) is 0 Å². The van der Waals surface area contributed by atoms with Crippen LogP contribution in [0.5, 0.6) is 0 Å². The molecular formula is C40H25N3S. The van der Waals surface area contributed by atoms with Crippen LogP contribution < -0.4 is 0 Å². The zero-order valence-electron chi connectivity index (χ0n) is 23.7. The zero-order chi connectivity index (χ0) is 29.0. The lowest BCUT2D eigenvalue weighted by atomic mass is 9.99. The fourth-order valence-electron chi connectivity index (χ4n) is 6.31. The van der Waals surface area contributed by atoms with E-state index in [0.29, 0.717) is 0 Å². The molecule has 0 bridgehead atoms. The van der Waals surface area contributed by atoms with E-state index in [2.05, 4.69) is 144 Å². The molecule has 0 N–H and O–H groups in total. The van der Waals surface area contributed by atoms with Gasteiger partial charge in [-0.3, -0.25) is 4.57 Å². The molecule has 9 aromatic rings. The normalized spacial score (nSPS) is 11.6. The molecule has 0 atom stereocenters. The summed E-state index contributed by atoms with van der Waals surface area (Å²) < 4.78 is 4.83. The van der Waals surface area contributed by atoms with Gasteiger partial charge in [0.05, 0.1) is 22.2 Å². The maximum atomic E-state index is 5.19. The van der Waals surface area contributed by atoms with Gasteiger partial charge < -0.3 is 0 Å². The third kappa shape index (κ3) is 3.96. The number of hydrogen-bond acceptors (Lipinski definition) is 3. The van der Waals surface area contributed by atoms with Crippen molar-refractivity contribution < 1.29 is 0 Å². The van der Waals surface area contributed by atoms with Crippen LogP contribution in [0.1, 0.15) is 0 Å². The Balaban J connectivity index is 1.11. The summed E-state index contributed by atoms with van der Waals surface area (Å²) in [4.78, 5) is 10.2. The van der Waals surface area contributed by atoms with Crippen molar-refractivity contribution in [1.29, 1.82) is 0 Å². The first kappa shape index (κ1) is 25.0. The molecule has 0 saturated heterocycles. The molecule has 0 aliphatic heterocycles. The molecule has 0 fully saturated rings. The van der Waals surface area contributed by atoms with Crippen molar-refractivity contribution in [2.75, 3.05) is 0 Å². The van der Waals surface area contributed by atoms with Gasteiger partial charge in [-0.05, 0) is 47.5 Å². The molecule has 4 heteroatoms. The van der Waals surface area contributed by atoms with Gasteiger partial charge in [-0.25, -0.2) is 9.97 Å². The first-order valence-corrected chi connectivity index (χ1v) is 15.6. The van der Waals surface area contributed by atoms with E-state index in [1.165, 1.54) is 36.7 Å². The van der Waals surface area contributed by atoms with Crippen LogP contribution in [0.25, 0.3) is 81.6 Å². The zero-order valence-corrected chi connectivity index (χ0v) is 24.5. The fourth-order valence-corrected chi connectivity index (χ4v) is 7.55. The molecule has 0 unspecified atom stereocenters. The number of pyridine rings is 1. The Morgan fingerprint density at radius 3 is 1.82 bits per heavy atom. The molecule has 3 nitrogen and oxygen atoms in total. The van der Waals surface area contributed by atoms with Crippen LogP contribution in [-0.2, 0) is 0 Å². The summed E-state index contributed by atoms with van der Waals surface area (Å²) in [6.45, 7) is 0. The van der Waals surface area contributed by atoms with Crippen molar-refractivity contribution in [3.63, 3.8) is 0 Å². The maximum Gasteiger partial charge on any atom is 0.145 e. The molecule has 0 spiro atoms. The summed E-state index contributed by atoms with van der Waals surface area (Å²) in [6, 6.07) is 53.5. The van der Waals surface area contributed by atoms with Crippen LogP contribution in [0.2, 0.25) is 0 Å². The van der Waals surface area contributed by atoms with E-state index in [1.807, 2.05) is 23.5 Å². The van der Waals surface area contributed by atoms with Crippen molar-refractivity contribution in [2.45, 2.75) is 0 Å². The average Bonchev–Trinajstić information content (AvgIpc) is 3.68. The largest absolute Gasteiger partial charge is 0.292 e. The van der Waals surface area contributed by atoms with Crippen molar-refractivity contribution >= 4 is 53.4 Å². The Morgan fingerprint density at radius 1 is 0.455 bits per heavy atom. The molecule has 0 saturated carbocycles. The van der Waals surface area contributed by atoms with E-state index < -0.39 is 0 Å². The van der Waals surface area contributed by atoms with E-state index in [1.54, 1.807) is 0 Å². The van der Waals surface area contributed by atoms with E-state index >= 15 is 0 Å². The number of fused-ring (bicyclic) bond motifs is 6. The summed E-state index contributed by atoms with van der Waals surface area (Å²) in [5.74, 6) is 0.939. The molecule has 3 heterocycles. The number of aromatic nitrogens is 3. The fraction of sp³-hybridized carbons (Fsp3) is 0. The smallest absolute Gasteiger partial charge is 0.145 e. The number of imidazole rings is 1. The Hall–Kier alpha value is -5.58. The van der Waals surface area contributed by atoms with Crippen molar-refractivity contribution in [3.8, 4) is 39.5 Å². The second-order valence-corrected chi connectivity index (χ2v) is 12.1. The second-order valence-electron chi connectivity index (χ2n) is 11.0. The van der Waals surface area contributed by atoms with Gasteiger partial charge in [-0.15, -0.1) is 11.3 Å². The predicted octanol–water partition coefficient (Wildman–Crippen LogP) is 10.9. The highest BCUT2D eigenvalue weighted by molar-refractivity contribution is 7.26. The number of para-hydroxylation sites is 4. The van der Waals surface area contributed by atoms with Crippen LogP contribution >= 0.6 is 11.3 Å². The highest BCUT2D eigenvalue weighted by Gasteiger charge is 2.17. The van der Waals surface area contributed by atoms with Crippen LogP contribution in [0.3, 0.4) is 0 Å². The van der Waals surface area contributed by atoms with Gasteiger partial charge in [0, 0.05) is 42.4 Å². The molecule has 44 heavy (non-hydrogen) atoms. The minimum absolute atomic E-state index is 0.939.